The SMILES string of the molecule is CN(C)Cc1cccc(C(=O)NCC2(O)CCCCCC2)c1. The van der Waals surface area contributed by atoms with E-state index in [1.165, 1.54) is 12.8 Å². The molecule has 0 bridgehead atoms. The van der Waals surface area contributed by atoms with Gasteiger partial charge in [0.05, 0.1) is 5.60 Å². The normalized spacial score (nSPS) is 18.0. The molecule has 1 fully saturated rings. The van der Waals surface area contributed by atoms with Crippen LogP contribution in [-0.2, 0) is 6.54 Å². The third-order valence-electron chi connectivity index (χ3n) is 4.30. The van der Waals surface area contributed by atoms with Crippen molar-refractivity contribution in [2.45, 2.75) is 50.7 Å². The summed E-state index contributed by atoms with van der Waals surface area (Å²) in [7, 11) is 4.02. The van der Waals surface area contributed by atoms with Crippen LogP contribution in [0.5, 0.6) is 0 Å². The van der Waals surface area contributed by atoms with Crippen molar-refractivity contribution in [2.24, 2.45) is 0 Å². The zero-order valence-electron chi connectivity index (χ0n) is 13.8. The summed E-state index contributed by atoms with van der Waals surface area (Å²) in [5.74, 6) is -0.0988. The minimum Gasteiger partial charge on any atom is -0.388 e. The van der Waals surface area contributed by atoms with Crippen LogP contribution in [0.15, 0.2) is 24.3 Å². The number of carbonyl (C=O) groups is 1. The second kappa shape index (κ2) is 7.75. The largest absolute Gasteiger partial charge is 0.388 e. The van der Waals surface area contributed by atoms with E-state index >= 15 is 0 Å². The summed E-state index contributed by atoms with van der Waals surface area (Å²) in [6.45, 7) is 1.16. The van der Waals surface area contributed by atoms with Crippen molar-refractivity contribution >= 4 is 5.91 Å². The summed E-state index contributed by atoms with van der Waals surface area (Å²) in [6.07, 6.45) is 6.03. The van der Waals surface area contributed by atoms with Gasteiger partial charge in [-0.25, -0.2) is 0 Å². The summed E-state index contributed by atoms with van der Waals surface area (Å²) in [6, 6.07) is 7.68. The fourth-order valence-electron chi connectivity index (χ4n) is 3.09. The molecule has 1 aliphatic rings. The number of aliphatic hydroxyl groups is 1. The molecular weight excluding hydrogens is 276 g/mol. The lowest BCUT2D eigenvalue weighted by molar-refractivity contribution is 0.0246. The van der Waals surface area contributed by atoms with Gasteiger partial charge in [0.2, 0.25) is 0 Å². The van der Waals surface area contributed by atoms with Crippen LogP contribution < -0.4 is 5.32 Å². The van der Waals surface area contributed by atoms with Gasteiger partial charge in [-0.3, -0.25) is 4.79 Å². The number of carbonyl (C=O) groups excluding carboxylic acids is 1. The van der Waals surface area contributed by atoms with E-state index in [0.29, 0.717) is 12.1 Å². The molecule has 0 unspecified atom stereocenters. The van der Waals surface area contributed by atoms with Crippen LogP contribution in [0.1, 0.15) is 54.4 Å². The Morgan fingerprint density at radius 3 is 2.55 bits per heavy atom. The molecule has 2 N–H and O–H groups in total. The van der Waals surface area contributed by atoms with E-state index in [2.05, 4.69) is 10.2 Å². The van der Waals surface area contributed by atoms with Gasteiger partial charge in [0.25, 0.3) is 5.91 Å². The first-order valence-electron chi connectivity index (χ1n) is 8.23. The molecule has 22 heavy (non-hydrogen) atoms. The predicted molar refractivity (Wildman–Crippen MR) is 88.8 cm³/mol. The first kappa shape index (κ1) is 17.0. The van der Waals surface area contributed by atoms with Crippen LogP contribution in [0.2, 0.25) is 0 Å². The summed E-state index contributed by atoms with van der Waals surface area (Å²) in [5, 5.41) is 13.5. The lowest BCUT2D eigenvalue weighted by Crippen LogP contribution is -2.42. The molecule has 0 radical (unpaired) electrons. The summed E-state index contributed by atoms with van der Waals surface area (Å²) < 4.78 is 0. The van der Waals surface area contributed by atoms with Gasteiger partial charge >= 0.3 is 0 Å². The van der Waals surface area contributed by atoms with E-state index in [9.17, 15) is 9.90 Å². The lowest BCUT2D eigenvalue weighted by Gasteiger charge is -2.26. The van der Waals surface area contributed by atoms with Crippen molar-refractivity contribution in [1.29, 1.82) is 0 Å². The highest BCUT2D eigenvalue weighted by Gasteiger charge is 2.28. The first-order valence-corrected chi connectivity index (χ1v) is 8.23. The van der Waals surface area contributed by atoms with Crippen LogP contribution in [0.25, 0.3) is 0 Å². The molecule has 1 saturated carbocycles. The molecule has 0 aromatic heterocycles. The summed E-state index contributed by atoms with van der Waals surface area (Å²) in [5.41, 5.74) is 1.05. The van der Waals surface area contributed by atoms with Crippen LogP contribution in [0.4, 0.5) is 0 Å². The maximum atomic E-state index is 12.3. The highest BCUT2D eigenvalue weighted by molar-refractivity contribution is 5.94. The molecule has 4 heteroatoms. The second-order valence-corrected chi connectivity index (χ2v) is 6.76. The van der Waals surface area contributed by atoms with Gasteiger partial charge in [-0.1, -0.05) is 37.8 Å². The van der Waals surface area contributed by atoms with Crippen molar-refractivity contribution in [3.05, 3.63) is 35.4 Å². The van der Waals surface area contributed by atoms with Crippen LogP contribution >= 0.6 is 0 Å². The molecule has 1 aromatic carbocycles. The molecule has 122 valence electrons. The number of benzene rings is 1. The molecule has 0 aliphatic heterocycles. The molecule has 1 amide bonds. The fraction of sp³-hybridized carbons (Fsp3) is 0.611. The Morgan fingerprint density at radius 2 is 1.91 bits per heavy atom. The second-order valence-electron chi connectivity index (χ2n) is 6.76. The minimum absolute atomic E-state index is 0.0988. The highest BCUT2D eigenvalue weighted by atomic mass is 16.3. The Hall–Kier alpha value is -1.39. The standard InChI is InChI=1S/C18H28N2O2/c1-20(2)13-15-8-7-9-16(12-15)17(21)19-14-18(22)10-5-3-4-6-11-18/h7-9,12,22H,3-6,10-11,13-14H2,1-2H3,(H,19,21). The summed E-state index contributed by atoms with van der Waals surface area (Å²) >= 11 is 0. The van der Waals surface area contributed by atoms with Crippen molar-refractivity contribution in [2.75, 3.05) is 20.6 Å². The van der Waals surface area contributed by atoms with Crippen molar-refractivity contribution < 1.29 is 9.90 Å². The molecule has 0 saturated heterocycles. The number of hydrogen-bond acceptors (Lipinski definition) is 3. The van der Waals surface area contributed by atoms with Crippen LogP contribution in [0.3, 0.4) is 0 Å². The smallest absolute Gasteiger partial charge is 0.251 e. The van der Waals surface area contributed by atoms with Gasteiger partial charge in [-0.15, -0.1) is 0 Å². The monoisotopic (exact) mass is 304 g/mol. The maximum Gasteiger partial charge on any atom is 0.251 e. The number of nitrogens with one attached hydrogen (secondary N) is 1. The lowest BCUT2D eigenvalue weighted by atomic mass is 9.94. The Labute approximate surface area is 133 Å². The molecule has 0 spiro atoms. The van der Waals surface area contributed by atoms with Gasteiger partial charge < -0.3 is 15.3 Å². The fourth-order valence-corrected chi connectivity index (χ4v) is 3.09. The quantitative estimate of drug-likeness (QED) is 0.822. The van der Waals surface area contributed by atoms with Gasteiger partial charge in [0.1, 0.15) is 0 Å². The minimum atomic E-state index is -0.729. The van der Waals surface area contributed by atoms with Gasteiger partial charge in [0, 0.05) is 18.7 Å². The molecule has 0 heterocycles. The number of hydrogen-bond donors (Lipinski definition) is 2. The predicted octanol–water partition coefficient (Wildman–Crippen LogP) is 2.56. The van der Waals surface area contributed by atoms with E-state index in [1.807, 2.05) is 38.4 Å². The van der Waals surface area contributed by atoms with Crippen molar-refractivity contribution in [3.8, 4) is 0 Å². The topological polar surface area (TPSA) is 52.6 Å². The van der Waals surface area contributed by atoms with E-state index in [4.69, 9.17) is 0 Å². The third kappa shape index (κ3) is 5.11. The molecule has 1 aliphatic carbocycles. The highest BCUT2D eigenvalue weighted by Crippen LogP contribution is 2.26. The molecule has 4 nitrogen and oxygen atoms in total. The Kier molecular flexibility index (Phi) is 5.98. The number of rotatable bonds is 5. The van der Waals surface area contributed by atoms with Crippen molar-refractivity contribution in [3.63, 3.8) is 0 Å². The first-order chi connectivity index (χ1) is 10.5. The molecule has 2 rings (SSSR count). The molecule has 1 aromatic rings. The average molecular weight is 304 g/mol. The molecular formula is C18H28N2O2. The van der Waals surface area contributed by atoms with Gasteiger partial charge in [-0.05, 0) is 44.6 Å². The van der Waals surface area contributed by atoms with Gasteiger partial charge in [0.15, 0.2) is 0 Å². The Balaban J connectivity index is 1.94. The average Bonchev–Trinajstić information content (AvgIpc) is 2.70. The zero-order valence-corrected chi connectivity index (χ0v) is 13.8. The van der Waals surface area contributed by atoms with Gasteiger partial charge in [-0.2, -0.15) is 0 Å². The van der Waals surface area contributed by atoms with Crippen LogP contribution in [-0.4, -0.2) is 42.2 Å². The zero-order chi connectivity index (χ0) is 16.0. The van der Waals surface area contributed by atoms with E-state index in [0.717, 1.165) is 37.8 Å². The van der Waals surface area contributed by atoms with Crippen molar-refractivity contribution in [1.82, 2.24) is 10.2 Å². The number of nitrogens with zero attached hydrogens (tertiary/aromatic N) is 1. The van der Waals surface area contributed by atoms with E-state index < -0.39 is 5.60 Å². The molecule has 0 atom stereocenters. The summed E-state index contributed by atoms with van der Waals surface area (Å²) in [4.78, 5) is 14.4. The van der Waals surface area contributed by atoms with Crippen LogP contribution in [0, 0.1) is 0 Å². The van der Waals surface area contributed by atoms with E-state index in [-0.39, 0.29) is 5.91 Å². The van der Waals surface area contributed by atoms with E-state index in [1.54, 1.807) is 0 Å². The Morgan fingerprint density at radius 1 is 1.23 bits per heavy atom. The number of amides is 1. The Bertz CT molecular complexity index is 492. The maximum absolute atomic E-state index is 12.3. The third-order valence-corrected chi connectivity index (χ3v) is 4.30.